The van der Waals surface area contributed by atoms with Crippen LogP contribution in [0.5, 0.6) is 5.75 Å². The van der Waals surface area contributed by atoms with Crippen LogP contribution in [0.4, 0.5) is 0 Å². The van der Waals surface area contributed by atoms with Crippen molar-refractivity contribution in [2.45, 2.75) is 13.8 Å². The molecule has 0 aliphatic heterocycles. The zero-order chi connectivity index (χ0) is 10.6. The summed E-state index contributed by atoms with van der Waals surface area (Å²) in [6, 6.07) is 1.56. The number of pyridine rings is 1. The molecule has 1 aromatic rings. The van der Waals surface area contributed by atoms with Crippen molar-refractivity contribution in [3.8, 4) is 5.75 Å². The number of nitrogens with zero attached hydrogens (tertiary/aromatic N) is 1. The molecule has 14 heavy (non-hydrogen) atoms. The summed E-state index contributed by atoms with van der Waals surface area (Å²) in [5.74, 6) is -0.275. The molecular formula is C10H13NO3. The van der Waals surface area contributed by atoms with Gasteiger partial charge in [0.2, 0.25) is 0 Å². The van der Waals surface area contributed by atoms with Crippen molar-refractivity contribution in [2.75, 3.05) is 6.61 Å². The van der Waals surface area contributed by atoms with Crippen molar-refractivity contribution in [1.82, 2.24) is 4.98 Å². The summed E-state index contributed by atoms with van der Waals surface area (Å²) in [6.45, 7) is 4.51. The maximum atomic E-state index is 10.7. The summed E-state index contributed by atoms with van der Waals surface area (Å²) in [5, 5.41) is 8.81. The fraction of sp³-hybridized carbons (Fsp3) is 0.400. The molecule has 0 radical (unpaired) electrons. The second kappa shape index (κ2) is 4.60. The first-order valence-electron chi connectivity index (χ1n) is 4.41. The Balaban J connectivity index is 2.79. The molecule has 0 unspecified atom stereocenters. The number of aromatic carboxylic acids is 1. The minimum atomic E-state index is -1.02. The van der Waals surface area contributed by atoms with Crippen LogP contribution in [0, 0.1) is 5.92 Å². The van der Waals surface area contributed by atoms with Gasteiger partial charge in [-0.15, -0.1) is 0 Å². The zero-order valence-corrected chi connectivity index (χ0v) is 8.23. The standard InChI is InChI=1S/C10H13NO3/c1-7(2)6-14-9-3-4-11-5-8(9)10(12)13/h3-5,7H,6H2,1-2H3,(H,12,13). The van der Waals surface area contributed by atoms with Gasteiger partial charge in [-0.2, -0.15) is 0 Å². The van der Waals surface area contributed by atoms with Crippen LogP contribution in [0.25, 0.3) is 0 Å². The van der Waals surface area contributed by atoms with E-state index in [1.54, 1.807) is 6.07 Å². The van der Waals surface area contributed by atoms with Crippen LogP contribution in [0.2, 0.25) is 0 Å². The first kappa shape index (κ1) is 10.5. The van der Waals surface area contributed by atoms with Crippen molar-refractivity contribution >= 4 is 5.97 Å². The van der Waals surface area contributed by atoms with Gasteiger partial charge in [0.25, 0.3) is 0 Å². The van der Waals surface area contributed by atoms with E-state index in [4.69, 9.17) is 9.84 Å². The van der Waals surface area contributed by atoms with Gasteiger partial charge in [0, 0.05) is 12.4 Å². The van der Waals surface area contributed by atoms with Gasteiger partial charge in [-0.05, 0) is 12.0 Å². The van der Waals surface area contributed by atoms with Crippen LogP contribution < -0.4 is 4.74 Å². The quantitative estimate of drug-likeness (QED) is 0.796. The van der Waals surface area contributed by atoms with E-state index in [-0.39, 0.29) is 5.56 Å². The first-order chi connectivity index (χ1) is 6.61. The van der Waals surface area contributed by atoms with Crippen LogP contribution in [-0.2, 0) is 0 Å². The number of aromatic nitrogens is 1. The maximum absolute atomic E-state index is 10.7. The van der Waals surface area contributed by atoms with E-state index in [9.17, 15) is 4.79 Å². The number of ether oxygens (including phenoxy) is 1. The lowest BCUT2D eigenvalue weighted by molar-refractivity contribution is 0.0691. The van der Waals surface area contributed by atoms with Crippen LogP contribution in [-0.4, -0.2) is 22.7 Å². The van der Waals surface area contributed by atoms with E-state index >= 15 is 0 Å². The average molecular weight is 195 g/mol. The number of hydrogen-bond donors (Lipinski definition) is 1. The summed E-state index contributed by atoms with van der Waals surface area (Å²) in [4.78, 5) is 14.5. The van der Waals surface area contributed by atoms with Crippen molar-refractivity contribution in [3.05, 3.63) is 24.0 Å². The summed E-state index contributed by atoms with van der Waals surface area (Å²) >= 11 is 0. The van der Waals surface area contributed by atoms with Gasteiger partial charge >= 0.3 is 5.97 Å². The van der Waals surface area contributed by atoms with Gasteiger partial charge in [0.05, 0.1) is 6.61 Å². The molecule has 4 heteroatoms. The number of carboxylic acid groups (broad SMARTS) is 1. The zero-order valence-electron chi connectivity index (χ0n) is 8.23. The average Bonchev–Trinajstić information content (AvgIpc) is 2.15. The number of hydrogen-bond acceptors (Lipinski definition) is 3. The maximum Gasteiger partial charge on any atom is 0.341 e. The van der Waals surface area contributed by atoms with E-state index in [2.05, 4.69) is 4.98 Å². The van der Waals surface area contributed by atoms with E-state index in [1.807, 2.05) is 13.8 Å². The Morgan fingerprint density at radius 1 is 1.64 bits per heavy atom. The molecule has 0 aromatic carbocycles. The molecule has 76 valence electrons. The second-order valence-electron chi connectivity index (χ2n) is 3.38. The van der Waals surface area contributed by atoms with Crippen molar-refractivity contribution in [3.63, 3.8) is 0 Å². The topological polar surface area (TPSA) is 59.4 Å². The summed E-state index contributed by atoms with van der Waals surface area (Å²) in [7, 11) is 0. The third-order valence-electron chi connectivity index (χ3n) is 1.58. The number of carbonyl (C=O) groups is 1. The number of carboxylic acids is 1. The van der Waals surface area contributed by atoms with Crippen molar-refractivity contribution < 1.29 is 14.6 Å². The Bertz CT molecular complexity index is 323. The Kier molecular flexibility index (Phi) is 3.45. The van der Waals surface area contributed by atoms with Gasteiger partial charge in [-0.25, -0.2) is 4.79 Å². The molecule has 0 aliphatic rings. The smallest absolute Gasteiger partial charge is 0.341 e. The Morgan fingerprint density at radius 2 is 2.36 bits per heavy atom. The van der Waals surface area contributed by atoms with Gasteiger partial charge in [0.1, 0.15) is 11.3 Å². The van der Waals surface area contributed by atoms with Crippen LogP contribution >= 0.6 is 0 Å². The molecule has 1 rings (SSSR count). The van der Waals surface area contributed by atoms with Crippen molar-refractivity contribution in [1.29, 1.82) is 0 Å². The van der Waals surface area contributed by atoms with Crippen molar-refractivity contribution in [2.24, 2.45) is 5.92 Å². The lowest BCUT2D eigenvalue weighted by Crippen LogP contribution is -2.08. The highest BCUT2D eigenvalue weighted by molar-refractivity contribution is 5.90. The third-order valence-corrected chi connectivity index (χ3v) is 1.58. The summed E-state index contributed by atoms with van der Waals surface area (Å²) in [5.41, 5.74) is 0.105. The SMILES string of the molecule is CC(C)COc1ccncc1C(=O)O. The van der Waals surface area contributed by atoms with Gasteiger partial charge in [-0.1, -0.05) is 13.8 Å². The summed E-state index contributed by atoms with van der Waals surface area (Å²) < 4.78 is 5.34. The fourth-order valence-corrected chi connectivity index (χ4v) is 0.925. The minimum Gasteiger partial charge on any atom is -0.492 e. The van der Waals surface area contributed by atoms with E-state index < -0.39 is 5.97 Å². The molecule has 0 atom stereocenters. The predicted molar refractivity (Wildman–Crippen MR) is 51.5 cm³/mol. The lowest BCUT2D eigenvalue weighted by Gasteiger charge is -2.09. The Morgan fingerprint density at radius 3 is 2.93 bits per heavy atom. The molecule has 1 aromatic heterocycles. The highest BCUT2D eigenvalue weighted by Gasteiger charge is 2.10. The van der Waals surface area contributed by atoms with Crippen LogP contribution in [0.3, 0.4) is 0 Å². The lowest BCUT2D eigenvalue weighted by atomic mass is 10.2. The van der Waals surface area contributed by atoms with Gasteiger partial charge < -0.3 is 9.84 Å². The molecule has 0 fully saturated rings. The molecule has 0 bridgehead atoms. The van der Waals surface area contributed by atoms with Gasteiger partial charge in [0.15, 0.2) is 0 Å². The predicted octanol–water partition coefficient (Wildman–Crippen LogP) is 1.81. The monoisotopic (exact) mass is 195 g/mol. The first-order valence-corrected chi connectivity index (χ1v) is 4.41. The number of rotatable bonds is 4. The molecule has 4 nitrogen and oxygen atoms in total. The molecule has 0 amide bonds. The minimum absolute atomic E-state index is 0.105. The largest absolute Gasteiger partial charge is 0.492 e. The van der Waals surface area contributed by atoms with E-state index in [1.165, 1.54) is 12.4 Å². The molecule has 1 heterocycles. The molecule has 0 saturated carbocycles. The summed E-state index contributed by atoms with van der Waals surface area (Å²) in [6.07, 6.45) is 2.81. The second-order valence-corrected chi connectivity index (χ2v) is 3.38. The Labute approximate surface area is 82.5 Å². The molecule has 0 aliphatic carbocycles. The van der Waals surface area contributed by atoms with E-state index in [0.717, 1.165) is 0 Å². The van der Waals surface area contributed by atoms with Gasteiger partial charge in [-0.3, -0.25) is 4.98 Å². The molecule has 0 spiro atoms. The fourth-order valence-electron chi connectivity index (χ4n) is 0.925. The molecular weight excluding hydrogens is 182 g/mol. The third kappa shape index (κ3) is 2.73. The van der Waals surface area contributed by atoms with Crippen LogP contribution in [0.15, 0.2) is 18.5 Å². The van der Waals surface area contributed by atoms with E-state index in [0.29, 0.717) is 18.3 Å². The van der Waals surface area contributed by atoms with Crippen LogP contribution in [0.1, 0.15) is 24.2 Å². The molecule has 0 saturated heterocycles. The highest BCUT2D eigenvalue weighted by atomic mass is 16.5. The molecule has 1 N–H and O–H groups in total. The highest BCUT2D eigenvalue weighted by Crippen LogP contribution is 2.16. The Hall–Kier alpha value is -1.58. The normalized spacial score (nSPS) is 10.2.